The summed E-state index contributed by atoms with van der Waals surface area (Å²) in [6, 6.07) is 29.7. The molecule has 0 aliphatic heterocycles. The minimum atomic E-state index is -4.49. The van der Waals surface area contributed by atoms with Crippen molar-refractivity contribution in [3.05, 3.63) is 148 Å². The Balaban J connectivity index is 0.000000189. The molecule has 4 heterocycles. The van der Waals surface area contributed by atoms with Crippen molar-refractivity contribution in [3.8, 4) is 29.1 Å². The van der Waals surface area contributed by atoms with Gasteiger partial charge in [-0.1, -0.05) is 24.3 Å². The Bertz CT molecular complexity index is 2990. The molecule has 306 valence electrons. The highest BCUT2D eigenvalue weighted by Crippen LogP contribution is 2.36. The van der Waals surface area contributed by atoms with E-state index in [9.17, 15) is 18.4 Å². The number of nitriles is 1. The lowest BCUT2D eigenvalue weighted by Crippen LogP contribution is -2.16. The first kappa shape index (κ1) is 45.6. The molecule has 0 unspecified atom stereocenters. The van der Waals surface area contributed by atoms with Crippen LogP contribution in [0.15, 0.2) is 97.1 Å². The van der Waals surface area contributed by atoms with Gasteiger partial charge in [0.2, 0.25) is 0 Å². The van der Waals surface area contributed by atoms with Gasteiger partial charge in [0.15, 0.2) is 5.69 Å². The fraction of sp³-hybridized carbons (Fsp3) is 0.136. The van der Waals surface area contributed by atoms with E-state index in [4.69, 9.17) is 27.4 Å². The Hall–Kier alpha value is -5.46. The van der Waals surface area contributed by atoms with E-state index in [0.29, 0.717) is 56.1 Å². The molecule has 8 rings (SSSR count). The highest BCUT2D eigenvalue weighted by Gasteiger charge is 2.32. The summed E-state index contributed by atoms with van der Waals surface area (Å²) in [5.41, 5.74) is 6.98. The summed E-state index contributed by atoms with van der Waals surface area (Å²) < 4.78 is 74.1. The average molecular weight is 905 g/mol. The van der Waals surface area contributed by atoms with Crippen LogP contribution in [0.25, 0.3) is 48.5 Å². The predicted octanol–water partition coefficient (Wildman–Crippen LogP) is 9.63. The largest absolute Gasteiger partial charge is 0.743 e. The van der Waals surface area contributed by atoms with Gasteiger partial charge in [0.05, 0.1) is 29.3 Å². The van der Waals surface area contributed by atoms with E-state index in [1.54, 1.807) is 43.3 Å². The maximum Gasteiger partial charge on any atom is 0.743 e. The number of pyridine rings is 4. The van der Waals surface area contributed by atoms with Crippen molar-refractivity contribution in [2.75, 3.05) is 0 Å². The number of fused-ring (bicyclic) bond motifs is 4. The SMILES string of the molecule is Cc1cc([O][Al][O][Al][O]c2cc(C(F)(F)F)cc3ccc(C)nc23)c2nc(C)ccc2c1.[C-]#[N+]c1ccc([O][Al][O][Al][O]c2ccc(C#N)c3ccc(C)nc23)c2nc(C)ccc12. The van der Waals surface area contributed by atoms with Crippen molar-refractivity contribution in [3.63, 3.8) is 0 Å². The van der Waals surface area contributed by atoms with Gasteiger partial charge in [-0.05, 0) is 113 Å². The number of aryl methyl sites for hydroxylation is 5. The number of alkyl halides is 3. The lowest BCUT2D eigenvalue weighted by molar-refractivity contribution is -0.137. The van der Waals surface area contributed by atoms with Gasteiger partial charge in [0, 0.05) is 44.3 Å². The molecule has 4 radical (unpaired) electrons. The number of rotatable bonds is 12. The van der Waals surface area contributed by atoms with Crippen molar-refractivity contribution in [2.24, 2.45) is 0 Å². The summed E-state index contributed by atoms with van der Waals surface area (Å²) in [5, 5.41) is 12.1. The summed E-state index contributed by atoms with van der Waals surface area (Å²) in [5.74, 6) is 1.82. The lowest BCUT2D eigenvalue weighted by atomic mass is 10.1. The first-order valence-electron chi connectivity index (χ1n) is 19.0. The monoisotopic (exact) mass is 904 g/mol. The highest BCUT2D eigenvalue weighted by molar-refractivity contribution is 6.36. The van der Waals surface area contributed by atoms with Gasteiger partial charge in [-0.25, -0.2) is 19.8 Å². The Morgan fingerprint density at radius 1 is 0.540 bits per heavy atom. The molecule has 0 bridgehead atoms. The van der Waals surface area contributed by atoms with Gasteiger partial charge in [-0.2, -0.15) is 18.4 Å². The van der Waals surface area contributed by atoms with Gasteiger partial charge in [0.1, 0.15) is 39.5 Å². The van der Waals surface area contributed by atoms with E-state index in [1.165, 1.54) is 0 Å². The molecule has 4 aromatic carbocycles. The third kappa shape index (κ3) is 11.2. The number of benzene rings is 4. The quantitative estimate of drug-likeness (QED) is 0.0659. The second-order valence-electron chi connectivity index (χ2n) is 14.0. The molecule has 0 amide bonds. The van der Waals surface area contributed by atoms with Crippen LogP contribution in [-0.4, -0.2) is 83.5 Å². The summed E-state index contributed by atoms with van der Waals surface area (Å²) in [6.45, 7) is 16.7. The molecule has 0 aliphatic carbocycles. The Morgan fingerprint density at radius 2 is 1.00 bits per heavy atom. The minimum Gasteiger partial charge on any atom is -0.626 e. The van der Waals surface area contributed by atoms with Crippen LogP contribution in [0.5, 0.6) is 23.0 Å². The van der Waals surface area contributed by atoms with Gasteiger partial charge in [-0.15, -0.1) is 0 Å². The Labute approximate surface area is 387 Å². The normalized spacial score (nSPS) is 11.0. The molecule has 0 fully saturated rings. The number of hydrogen-bond donors (Lipinski definition) is 0. The topological polar surface area (TPSA) is 135 Å². The zero-order chi connectivity index (χ0) is 44.7. The predicted molar refractivity (Wildman–Crippen MR) is 234 cm³/mol. The van der Waals surface area contributed by atoms with Crippen molar-refractivity contribution < 1.29 is 34.0 Å². The molecule has 19 heteroatoms. The van der Waals surface area contributed by atoms with Crippen LogP contribution in [0.2, 0.25) is 0 Å². The molecule has 4 aromatic heterocycles. The maximum atomic E-state index is 13.3. The molecule has 0 saturated heterocycles. The van der Waals surface area contributed by atoms with E-state index in [0.717, 1.165) is 56.5 Å². The zero-order valence-corrected chi connectivity index (χ0v) is 38.9. The van der Waals surface area contributed by atoms with Crippen LogP contribution in [0.1, 0.15) is 39.5 Å². The molecular formula is C44H31Al4F3N6O6. The number of hydrogen-bond acceptors (Lipinski definition) is 11. The molecule has 63 heavy (non-hydrogen) atoms. The first-order valence-corrected chi connectivity index (χ1v) is 22.8. The second kappa shape index (κ2) is 20.4. The van der Waals surface area contributed by atoms with E-state index < -0.39 is 75.3 Å². The fourth-order valence-corrected chi connectivity index (χ4v) is 8.81. The fourth-order valence-electron chi connectivity index (χ4n) is 6.40. The Kier molecular flexibility index (Phi) is 14.7. The lowest BCUT2D eigenvalue weighted by Gasteiger charge is -2.15. The third-order valence-corrected chi connectivity index (χ3v) is 12.5. The minimum absolute atomic E-state index is 0.0474. The van der Waals surface area contributed by atoms with Crippen LogP contribution in [0.3, 0.4) is 0 Å². The van der Waals surface area contributed by atoms with E-state index in [1.807, 2.05) is 76.2 Å². The molecule has 0 N–H and O–H groups in total. The second-order valence-corrected chi connectivity index (χ2v) is 17.9. The standard InChI is InChI=1S/C11H8F3NO.2C11H8N2O.C11H11NO.4Al.2O/c1-6-2-3-7-4-8(11(12,13)14)5-9(16)10(7)15-6;1-7-3-4-8-9(12-2)5-6-10(14)11(8)13-7;1-7-2-4-9-8(6-12)3-5-10(14)11(9)13-7;1-7-5-9-4-3-8(2)12-11(9)10(13)6-7;;;;;;/h2-5,16H,1H3;3-6,14H,1H3;2-5,14H,1H3;3-6,13H,1-2H3;;;;;;/q;;;;4*+1;;/p-4. The summed E-state index contributed by atoms with van der Waals surface area (Å²) in [7, 11) is 0. The smallest absolute Gasteiger partial charge is 0.626 e. The van der Waals surface area contributed by atoms with E-state index >= 15 is 0 Å². The third-order valence-electron chi connectivity index (χ3n) is 9.32. The molecule has 0 saturated carbocycles. The van der Waals surface area contributed by atoms with Crippen molar-refractivity contribution in [2.45, 2.75) is 40.8 Å². The van der Waals surface area contributed by atoms with Crippen LogP contribution >= 0.6 is 0 Å². The molecule has 0 atom stereocenters. The highest BCUT2D eigenvalue weighted by atomic mass is 27.3. The van der Waals surface area contributed by atoms with Crippen LogP contribution in [0.4, 0.5) is 18.9 Å². The molecular weight excluding hydrogens is 873 g/mol. The maximum absolute atomic E-state index is 13.3. The van der Waals surface area contributed by atoms with Crippen molar-refractivity contribution >= 4 is 113 Å². The Morgan fingerprint density at radius 3 is 1.54 bits per heavy atom. The molecule has 0 spiro atoms. The van der Waals surface area contributed by atoms with Crippen molar-refractivity contribution in [1.29, 1.82) is 5.26 Å². The van der Waals surface area contributed by atoms with Gasteiger partial charge < -0.3 is 20.8 Å². The van der Waals surface area contributed by atoms with Crippen molar-refractivity contribution in [1.82, 2.24) is 19.9 Å². The number of aromatic nitrogens is 4. The van der Waals surface area contributed by atoms with Gasteiger partial charge >= 0.3 is 69.7 Å². The van der Waals surface area contributed by atoms with E-state index in [2.05, 4.69) is 30.9 Å². The van der Waals surface area contributed by atoms with Crippen LogP contribution < -0.4 is 15.2 Å². The van der Waals surface area contributed by atoms with Gasteiger partial charge in [-0.3, -0.25) is 4.98 Å². The first-order chi connectivity index (χ1) is 30.3. The number of nitrogens with zero attached hydrogens (tertiary/aromatic N) is 6. The molecule has 12 nitrogen and oxygen atoms in total. The summed E-state index contributed by atoms with van der Waals surface area (Å²) in [6.07, 6.45) is -4.49. The zero-order valence-electron chi connectivity index (χ0n) is 34.3. The summed E-state index contributed by atoms with van der Waals surface area (Å²) >= 11 is -3.69. The van der Waals surface area contributed by atoms with E-state index in [-0.39, 0.29) is 5.75 Å². The van der Waals surface area contributed by atoms with Crippen LogP contribution in [0, 0.1) is 52.5 Å². The van der Waals surface area contributed by atoms with Gasteiger partial charge in [0.25, 0.3) is 0 Å². The molecule has 8 aromatic rings. The average Bonchev–Trinajstić information content (AvgIpc) is 3.26. The summed E-state index contributed by atoms with van der Waals surface area (Å²) in [4.78, 5) is 21.4. The molecule has 0 aliphatic rings. The van der Waals surface area contributed by atoms with Crippen LogP contribution in [-0.2, 0) is 11.9 Å². The number of halogens is 3.